The maximum Gasteiger partial charge on any atom is 0.453 e. The minimum absolute atomic E-state index is 0.0203. The first kappa shape index (κ1) is 42.4. The summed E-state index contributed by atoms with van der Waals surface area (Å²) in [5.41, 5.74) is 8.80. The Hall–Kier alpha value is -4.31. The molecule has 1 saturated heterocycles. The Morgan fingerprint density at radius 1 is 0.852 bits per heavy atom. The summed E-state index contributed by atoms with van der Waals surface area (Å²) in [7, 11) is -1.50. The summed E-state index contributed by atoms with van der Waals surface area (Å²) in [6.45, 7) is 5.67. The van der Waals surface area contributed by atoms with Gasteiger partial charge in [-0.1, -0.05) is 68.4 Å². The summed E-state index contributed by atoms with van der Waals surface area (Å²) in [5, 5.41) is 32.9. The van der Waals surface area contributed by atoms with Crippen LogP contribution in [0.15, 0.2) is 54.6 Å². The van der Waals surface area contributed by atoms with Gasteiger partial charge in [0.2, 0.25) is 29.5 Å². The van der Waals surface area contributed by atoms with E-state index in [1.165, 1.54) is 0 Å². The number of hydrogen-bond donors (Lipinski definition) is 8. The Labute approximate surface area is 318 Å². The van der Waals surface area contributed by atoms with Gasteiger partial charge in [-0.05, 0) is 80.4 Å². The lowest BCUT2D eigenvalue weighted by molar-refractivity contribution is -0.140. The number of carbonyl (C=O) groups excluding carboxylic acids is 5. The molecule has 14 nitrogen and oxygen atoms in total. The monoisotopic (exact) mass is 747 g/mol. The van der Waals surface area contributed by atoms with Crippen LogP contribution in [0.5, 0.6) is 0 Å². The average molecular weight is 748 g/mol. The van der Waals surface area contributed by atoms with Gasteiger partial charge in [0.25, 0.3) is 0 Å². The van der Waals surface area contributed by atoms with E-state index < -0.39 is 43.1 Å². The Balaban J connectivity index is 1.43. The maximum absolute atomic E-state index is 14.1. The lowest BCUT2D eigenvalue weighted by Gasteiger charge is -2.34. The third kappa shape index (κ3) is 13.2. The van der Waals surface area contributed by atoms with Crippen molar-refractivity contribution < 1.29 is 34.0 Å². The van der Waals surface area contributed by atoms with Crippen LogP contribution in [0.3, 0.4) is 0 Å². The molecule has 4 atom stereocenters. The van der Waals surface area contributed by atoms with Crippen LogP contribution in [0.2, 0.25) is 6.32 Å². The molecule has 0 radical (unpaired) electrons. The minimum atomic E-state index is -1.50. The minimum Gasteiger partial charge on any atom is -0.427 e. The van der Waals surface area contributed by atoms with E-state index in [0.717, 1.165) is 16.7 Å². The zero-order chi connectivity index (χ0) is 39.0. The molecule has 2 aromatic carbocycles. The number of nitrogens with two attached hydrogens (primary N) is 1. The highest BCUT2D eigenvalue weighted by atomic mass is 16.4. The molecule has 0 aromatic heterocycles. The third-order valence-electron chi connectivity index (χ3n) is 10.1. The molecule has 294 valence electrons. The molecule has 0 saturated carbocycles. The van der Waals surface area contributed by atoms with Gasteiger partial charge >= 0.3 is 7.12 Å². The van der Waals surface area contributed by atoms with Crippen LogP contribution in [0.25, 0.3) is 0 Å². The van der Waals surface area contributed by atoms with Crippen LogP contribution < -0.4 is 32.3 Å². The molecule has 2 aliphatic heterocycles. The van der Waals surface area contributed by atoms with Crippen LogP contribution in [-0.4, -0.2) is 102 Å². The average Bonchev–Trinajstić information content (AvgIpc) is 3.16. The second-order valence-electron chi connectivity index (χ2n) is 14.9. The SMILES string of the molecule is CC(C)C[C@@H](NC(=O)[C@@H](Cc1ccccc1)NC(=O)[C@H]1Cc2ccccc2CN1)C(=O)N[C@H](CCCCN)C(=O)N1CCC(C(=O)NCCB(O)O)CC1. The fourth-order valence-electron chi connectivity index (χ4n) is 7.02. The van der Waals surface area contributed by atoms with Crippen LogP contribution in [-0.2, 0) is 43.4 Å². The molecule has 2 aliphatic rings. The highest BCUT2D eigenvalue weighted by Crippen LogP contribution is 2.20. The van der Waals surface area contributed by atoms with Crippen molar-refractivity contribution >= 4 is 36.7 Å². The number of unbranched alkanes of at least 4 members (excludes halogenated alkanes) is 1. The fraction of sp³-hybridized carbons (Fsp3) is 0.564. The first-order valence-corrected chi connectivity index (χ1v) is 19.3. The number of nitrogens with zero attached hydrogens (tertiary/aromatic N) is 1. The molecular formula is C39H58BN7O7. The van der Waals surface area contributed by atoms with Gasteiger partial charge in [-0.25, -0.2) is 0 Å². The highest BCUT2D eigenvalue weighted by Gasteiger charge is 2.35. The standard InChI is InChI=1S/C39H58BN7O7/c1-26(2)22-33(37(50)44-31(14-8-9-18-41)39(52)47-20-15-28(16-21-47)35(48)42-19-17-40(53)54)45-38(51)34(23-27-10-4-3-5-11-27)46-36(49)32-24-29-12-6-7-13-30(29)25-43-32/h3-7,10-13,26,28,31-34,43,53-54H,8-9,14-25,41H2,1-2H3,(H,42,48)(H,44,50)(H,45,51)(H,46,49)/t31-,32-,33-,34-/m1/s1. The van der Waals surface area contributed by atoms with Crippen LogP contribution in [0.1, 0.15) is 69.1 Å². The molecule has 54 heavy (non-hydrogen) atoms. The van der Waals surface area contributed by atoms with E-state index in [9.17, 15) is 24.0 Å². The Morgan fingerprint density at radius 2 is 1.50 bits per heavy atom. The van der Waals surface area contributed by atoms with E-state index in [-0.39, 0.29) is 48.8 Å². The molecule has 0 bridgehead atoms. The molecule has 9 N–H and O–H groups in total. The normalized spacial score (nSPS) is 17.4. The number of nitrogens with one attached hydrogen (secondary N) is 5. The zero-order valence-electron chi connectivity index (χ0n) is 31.6. The van der Waals surface area contributed by atoms with E-state index in [1.807, 2.05) is 68.4 Å². The number of benzene rings is 2. The van der Waals surface area contributed by atoms with E-state index in [1.54, 1.807) is 4.90 Å². The quantitative estimate of drug-likeness (QED) is 0.0737. The van der Waals surface area contributed by atoms with Crippen molar-refractivity contribution in [2.24, 2.45) is 17.6 Å². The number of carbonyl (C=O) groups is 5. The zero-order valence-corrected chi connectivity index (χ0v) is 31.6. The largest absolute Gasteiger partial charge is 0.453 e. The van der Waals surface area contributed by atoms with Gasteiger partial charge in [0.15, 0.2) is 0 Å². The predicted octanol–water partition coefficient (Wildman–Crippen LogP) is 0.401. The topological polar surface area (TPSA) is 215 Å². The van der Waals surface area contributed by atoms with Crippen molar-refractivity contribution in [1.82, 2.24) is 31.5 Å². The molecule has 0 unspecified atom stereocenters. The van der Waals surface area contributed by atoms with Gasteiger partial charge in [-0.15, -0.1) is 0 Å². The molecule has 0 aliphatic carbocycles. The van der Waals surface area contributed by atoms with Crippen LogP contribution in [0.4, 0.5) is 0 Å². The van der Waals surface area contributed by atoms with Crippen molar-refractivity contribution in [3.8, 4) is 0 Å². The molecule has 5 amide bonds. The Morgan fingerprint density at radius 3 is 2.17 bits per heavy atom. The first-order chi connectivity index (χ1) is 25.9. The maximum atomic E-state index is 14.1. The number of piperidine rings is 1. The number of likely N-dealkylation sites (tertiary alicyclic amines) is 1. The summed E-state index contributed by atoms with van der Waals surface area (Å²) in [6.07, 6.45) is 3.54. The Bertz CT molecular complexity index is 1540. The molecule has 4 rings (SSSR count). The fourth-order valence-corrected chi connectivity index (χ4v) is 7.02. The summed E-state index contributed by atoms with van der Waals surface area (Å²) in [5.74, 6) is -2.02. The van der Waals surface area contributed by atoms with Crippen molar-refractivity contribution in [1.29, 1.82) is 0 Å². The number of hydrogen-bond acceptors (Lipinski definition) is 9. The number of amides is 5. The van der Waals surface area contributed by atoms with Gasteiger partial charge in [0, 0.05) is 38.5 Å². The van der Waals surface area contributed by atoms with Gasteiger partial charge in [0.05, 0.1) is 6.04 Å². The number of rotatable bonds is 19. The predicted molar refractivity (Wildman–Crippen MR) is 206 cm³/mol. The van der Waals surface area contributed by atoms with Gasteiger partial charge < -0.3 is 47.3 Å². The Kier molecular flexibility index (Phi) is 16.9. The smallest absolute Gasteiger partial charge is 0.427 e. The summed E-state index contributed by atoms with van der Waals surface area (Å²) >= 11 is 0. The first-order valence-electron chi connectivity index (χ1n) is 19.3. The number of fused-ring (bicyclic) bond motifs is 1. The second kappa shape index (κ2) is 21.6. The lowest BCUT2D eigenvalue weighted by atomic mass is 9.86. The molecule has 1 fully saturated rings. The van der Waals surface area contributed by atoms with Crippen molar-refractivity contribution in [2.75, 3.05) is 26.2 Å². The van der Waals surface area contributed by atoms with Crippen molar-refractivity contribution in [2.45, 2.75) is 102 Å². The van der Waals surface area contributed by atoms with Crippen LogP contribution >= 0.6 is 0 Å². The third-order valence-corrected chi connectivity index (χ3v) is 10.1. The van der Waals surface area contributed by atoms with Crippen molar-refractivity contribution in [3.63, 3.8) is 0 Å². The van der Waals surface area contributed by atoms with Gasteiger partial charge in [-0.2, -0.15) is 0 Å². The van der Waals surface area contributed by atoms with E-state index in [4.69, 9.17) is 15.8 Å². The summed E-state index contributed by atoms with van der Waals surface area (Å²) in [4.78, 5) is 69.8. The van der Waals surface area contributed by atoms with Crippen molar-refractivity contribution in [3.05, 3.63) is 71.3 Å². The van der Waals surface area contributed by atoms with E-state index in [0.29, 0.717) is 71.1 Å². The summed E-state index contributed by atoms with van der Waals surface area (Å²) < 4.78 is 0. The molecule has 2 aromatic rings. The van der Waals surface area contributed by atoms with Crippen LogP contribution in [0, 0.1) is 11.8 Å². The van der Waals surface area contributed by atoms with Gasteiger partial charge in [-0.3, -0.25) is 24.0 Å². The highest BCUT2D eigenvalue weighted by molar-refractivity contribution is 6.41. The molecular weight excluding hydrogens is 689 g/mol. The molecule has 15 heteroatoms. The second-order valence-corrected chi connectivity index (χ2v) is 14.9. The summed E-state index contributed by atoms with van der Waals surface area (Å²) in [6, 6.07) is 14.0. The van der Waals surface area contributed by atoms with E-state index >= 15 is 0 Å². The molecule has 0 spiro atoms. The molecule has 2 heterocycles. The van der Waals surface area contributed by atoms with Gasteiger partial charge in [0.1, 0.15) is 18.1 Å². The lowest BCUT2D eigenvalue weighted by Crippen LogP contribution is -2.59. The van der Waals surface area contributed by atoms with E-state index in [2.05, 4.69) is 26.6 Å².